The molecule has 2 aromatic carbocycles. The Kier molecular flexibility index (Phi) is 3.89. The summed E-state index contributed by atoms with van der Waals surface area (Å²) in [5.41, 5.74) is 1.56. The maximum absolute atomic E-state index is 12.2. The molecule has 0 bridgehead atoms. The molecule has 0 aliphatic rings. The van der Waals surface area contributed by atoms with Gasteiger partial charge in [-0.3, -0.25) is 9.59 Å². The molecule has 5 heteroatoms. The fraction of sp³-hybridized carbons (Fsp3) is 0.0556. The van der Waals surface area contributed by atoms with Crippen LogP contribution >= 0.6 is 0 Å². The van der Waals surface area contributed by atoms with Crippen molar-refractivity contribution in [3.05, 3.63) is 70.1 Å². The van der Waals surface area contributed by atoms with Crippen LogP contribution in [0.3, 0.4) is 0 Å². The fourth-order valence-electron chi connectivity index (χ4n) is 2.35. The Bertz CT molecular complexity index is 983. The summed E-state index contributed by atoms with van der Waals surface area (Å²) in [5, 5.41) is 10.4. The lowest BCUT2D eigenvalue weighted by atomic mass is 10.1. The van der Waals surface area contributed by atoms with E-state index in [0.717, 1.165) is 0 Å². The van der Waals surface area contributed by atoms with Crippen LogP contribution in [-0.4, -0.2) is 16.1 Å². The van der Waals surface area contributed by atoms with Gasteiger partial charge in [-0.1, -0.05) is 30.2 Å². The Morgan fingerprint density at radius 1 is 1.17 bits per heavy atom. The van der Waals surface area contributed by atoms with E-state index < -0.39 is 0 Å². The molecule has 5 nitrogen and oxygen atoms in total. The third-order valence-corrected chi connectivity index (χ3v) is 3.42. The van der Waals surface area contributed by atoms with Crippen LogP contribution in [0.15, 0.2) is 53.3 Å². The van der Waals surface area contributed by atoms with Crippen molar-refractivity contribution in [1.82, 2.24) is 10.2 Å². The Hall–Kier alpha value is -3.39. The Morgan fingerprint density at radius 3 is 2.74 bits per heavy atom. The number of benzene rings is 2. The van der Waals surface area contributed by atoms with Gasteiger partial charge in [0.2, 0.25) is 5.91 Å². The van der Waals surface area contributed by atoms with Gasteiger partial charge < -0.3 is 5.32 Å². The summed E-state index contributed by atoms with van der Waals surface area (Å²) in [6.07, 6.45) is 5.40. The second-order valence-electron chi connectivity index (χ2n) is 5.00. The number of hydrogen-bond acceptors (Lipinski definition) is 3. The summed E-state index contributed by atoms with van der Waals surface area (Å²) >= 11 is 0. The van der Waals surface area contributed by atoms with Crippen molar-refractivity contribution in [3.8, 4) is 12.3 Å². The Balaban J connectivity index is 1.85. The minimum Gasteiger partial charge on any atom is -0.326 e. The standard InChI is InChI=1S/C18H13N3O2/c1-2-12-6-5-7-13(10-12)19-17(22)11-16-14-8-3-4-9-15(14)18(23)21-20-16/h1,3-10H,11H2,(H,19,22)(H,21,23). The molecule has 3 aromatic rings. The number of terminal acetylenes is 1. The number of fused-ring (bicyclic) bond motifs is 1. The molecule has 0 aliphatic heterocycles. The van der Waals surface area contributed by atoms with Crippen LogP contribution in [0.5, 0.6) is 0 Å². The number of nitrogens with one attached hydrogen (secondary N) is 2. The van der Waals surface area contributed by atoms with Crippen molar-refractivity contribution in [2.75, 3.05) is 5.32 Å². The molecule has 112 valence electrons. The van der Waals surface area contributed by atoms with Crippen LogP contribution in [-0.2, 0) is 11.2 Å². The molecule has 0 aliphatic carbocycles. The molecule has 0 saturated carbocycles. The lowest BCUT2D eigenvalue weighted by molar-refractivity contribution is -0.115. The number of amides is 1. The minimum absolute atomic E-state index is 0.0531. The fourth-order valence-corrected chi connectivity index (χ4v) is 2.35. The quantitative estimate of drug-likeness (QED) is 0.728. The van der Waals surface area contributed by atoms with Gasteiger partial charge in [0, 0.05) is 16.6 Å². The maximum atomic E-state index is 12.2. The van der Waals surface area contributed by atoms with E-state index in [4.69, 9.17) is 6.42 Å². The summed E-state index contributed by atoms with van der Waals surface area (Å²) in [6, 6.07) is 14.1. The van der Waals surface area contributed by atoms with Crippen LogP contribution < -0.4 is 10.9 Å². The summed E-state index contributed by atoms with van der Waals surface area (Å²) in [7, 11) is 0. The van der Waals surface area contributed by atoms with Crippen LogP contribution in [0, 0.1) is 12.3 Å². The van der Waals surface area contributed by atoms with Crippen LogP contribution in [0.25, 0.3) is 10.8 Å². The third-order valence-electron chi connectivity index (χ3n) is 3.42. The van der Waals surface area contributed by atoms with Gasteiger partial charge in [-0.25, -0.2) is 5.10 Å². The number of H-pyrrole nitrogens is 1. The van der Waals surface area contributed by atoms with Gasteiger partial charge >= 0.3 is 0 Å². The largest absolute Gasteiger partial charge is 0.326 e. The highest BCUT2D eigenvalue weighted by molar-refractivity contribution is 5.95. The van der Waals surface area contributed by atoms with E-state index in [1.165, 1.54) is 0 Å². The SMILES string of the molecule is C#Cc1cccc(NC(=O)Cc2n[nH]c(=O)c3ccccc23)c1. The van der Waals surface area contributed by atoms with Gasteiger partial charge in [-0.2, -0.15) is 5.10 Å². The summed E-state index contributed by atoms with van der Waals surface area (Å²) < 4.78 is 0. The number of rotatable bonds is 3. The van der Waals surface area contributed by atoms with Gasteiger partial charge in [-0.15, -0.1) is 6.42 Å². The Morgan fingerprint density at radius 2 is 1.96 bits per heavy atom. The predicted molar refractivity (Wildman–Crippen MR) is 89.1 cm³/mol. The molecule has 0 spiro atoms. The van der Waals surface area contributed by atoms with Gasteiger partial charge in [0.1, 0.15) is 0 Å². The first kappa shape index (κ1) is 14.5. The summed E-state index contributed by atoms with van der Waals surface area (Å²) in [5.74, 6) is 2.28. The van der Waals surface area contributed by atoms with Gasteiger partial charge in [0.05, 0.1) is 17.5 Å². The zero-order valence-electron chi connectivity index (χ0n) is 12.2. The lowest BCUT2D eigenvalue weighted by Gasteiger charge is -2.07. The number of carbonyl (C=O) groups excluding carboxylic acids is 1. The molecular formula is C18H13N3O2. The molecule has 3 rings (SSSR count). The smallest absolute Gasteiger partial charge is 0.272 e. The number of aromatic nitrogens is 2. The number of nitrogens with zero attached hydrogens (tertiary/aromatic N) is 1. The average molecular weight is 303 g/mol. The lowest BCUT2D eigenvalue weighted by Crippen LogP contribution is -2.18. The van der Waals surface area contributed by atoms with Crippen LogP contribution in [0.2, 0.25) is 0 Å². The highest BCUT2D eigenvalue weighted by Crippen LogP contribution is 2.14. The summed E-state index contributed by atoms with van der Waals surface area (Å²) in [4.78, 5) is 24.0. The van der Waals surface area contributed by atoms with Crippen molar-refractivity contribution in [2.45, 2.75) is 6.42 Å². The molecule has 1 heterocycles. The monoisotopic (exact) mass is 303 g/mol. The first-order valence-electron chi connectivity index (χ1n) is 7.00. The molecule has 1 aromatic heterocycles. The van der Waals surface area contributed by atoms with E-state index in [1.807, 2.05) is 0 Å². The van der Waals surface area contributed by atoms with Crippen molar-refractivity contribution in [1.29, 1.82) is 0 Å². The molecule has 23 heavy (non-hydrogen) atoms. The minimum atomic E-state index is -0.272. The number of anilines is 1. The average Bonchev–Trinajstić information content (AvgIpc) is 2.58. The maximum Gasteiger partial charge on any atom is 0.272 e. The molecule has 0 fully saturated rings. The van der Waals surface area contributed by atoms with Crippen molar-refractivity contribution in [3.63, 3.8) is 0 Å². The highest BCUT2D eigenvalue weighted by Gasteiger charge is 2.11. The first-order valence-corrected chi connectivity index (χ1v) is 7.00. The van der Waals surface area contributed by atoms with E-state index in [-0.39, 0.29) is 17.9 Å². The molecule has 2 N–H and O–H groups in total. The summed E-state index contributed by atoms with van der Waals surface area (Å²) in [6.45, 7) is 0. The molecule has 0 atom stereocenters. The topological polar surface area (TPSA) is 74.8 Å². The van der Waals surface area contributed by atoms with Gasteiger partial charge in [-0.05, 0) is 24.3 Å². The van der Waals surface area contributed by atoms with E-state index in [0.29, 0.717) is 27.7 Å². The Labute approximate surface area is 132 Å². The number of carbonyl (C=O) groups is 1. The van der Waals surface area contributed by atoms with Gasteiger partial charge in [0.15, 0.2) is 0 Å². The van der Waals surface area contributed by atoms with Crippen LogP contribution in [0.1, 0.15) is 11.3 Å². The van der Waals surface area contributed by atoms with E-state index >= 15 is 0 Å². The van der Waals surface area contributed by atoms with E-state index in [9.17, 15) is 9.59 Å². The van der Waals surface area contributed by atoms with E-state index in [2.05, 4.69) is 21.4 Å². The second kappa shape index (κ2) is 6.16. The predicted octanol–water partition coefficient (Wildman–Crippen LogP) is 2.09. The van der Waals surface area contributed by atoms with Crippen molar-refractivity contribution >= 4 is 22.4 Å². The van der Waals surface area contributed by atoms with Gasteiger partial charge in [0.25, 0.3) is 5.56 Å². The second-order valence-corrected chi connectivity index (χ2v) is 5.00. The highest BCUT2D eigenvalue weighted by atomic mass is 16.1. The number of hydrogen-bond donors (Lipinski definition) is 2. The van der Waals surface area contributed by atoms with Crippen LogP contribution in [0.4, 0.5) is 5.69 Å². The van der Waals surface area contributed by atoms with Crippen molar-refractivity contribution < 1.29 is 4.79 Å². The zero-order chi connectivity index (χ0) is 16.2. The normalized spacial score (nSPS) is 10.2. The molecular weight excluding hydrogens is 290 g/mol. The zero-order valence-corrected chi connectivity index (χ0v) is 12.2. The van der Waals surface area contributed by atoms with Crippen molar-refractivity contribution in [2.24, 2.45) is 0 Å². The first-order chi connectivity index (χ1) is 11.2. The molecule has 0 saturated heterocycles. The molecule has 0 unspecified atom stereocenters. The molecule has 1 amide bonds. The van der Waals surface area contributed by atoms with E-state index in [1.54, 1.807) is 48.5 Å². The molecule has 0 radical (unpaired) electrons. The number of aromatic amines is 1. The third kappa shape index (κ3) is 3.11.